The fourth-order valence-electron chi connectivity index (χ4n) is 5.22. The molecule has 3 aliphatic rings. The first-order valence-corrected chi connectivity index (χ1v) is 11.8. The van der Waals surface area contributed by atoms with Crippen molar-refractivity contribution in [1.82, 2.24) is 20.4 Å². The number of nitrogens with one attached hydrogen (secondary N) is 2. The lowest BCUT2D eigenvalue weighted by Gasteiger charge is -2.35. The molecule has 8 nitrogen and oxygen atoms in total. The highest BCUT2D eigenvalue weighted by Gasteiger charge is 2.52. The molecule has 2 heterocycles. The van der Waals surface area contributed by atoms with Crippen LogP contribution in [0.25, 0.3) is 0 Å². The number of amides is 4. The molecule has 1 spiro atoms. The number of methoxy groups -OCH3 is 1. The second kappa shape index (κ2) is 9.90. The van der Waals surface area contributed by atoms with Crippen LogP contribution in [0.2, 0.25) is 0 Å². The maximum absolute atomic E-state index is 12.8. The molecule has 0 unspecified atom stereocenters. The largest absolute Gasteiger partial charge is 0.497 e. The van der Waals surface area contributed by atoms with Crippen LogP contribution in [0.15, 0.2) is 24.3 Å². The van der Waals surface area contributed by atoms with Crippen molar-refractivity contribution in [2.24, 2.45) is 0 Å². The van der Waals surface area contributed by atoms with Gasteiger partial charge in [0.15, 0.2) is 0 Å². The van der Waals surface area contributed by atoms with E-state index in [1.807, 2.05) is 12.1 Å². The predicted octanol–water partition coefficient (Wildman–Crippen LogP) is 2.59. The maximum atomic E-state index is 12.8. The molecule has 1 saturated carbocycles. The maximum Gasteiger partial charge on any atom is 0.325 e. The van der Waals surface area contributed by atoms with Gasteiger partial charge in [0.2, 0.25) is 5.91 Å². The molecule has 1 aromatic rings. The molecule has 4 rings (SSSR count). The third-order valence-electron chi connectivity index (χ3n) is 7.09. The molecule has 0 bridgehead atoms. The highest BCUT2D eigenvalue weighted by molar-refractivity contribution is 6.07. The zero-order valence-corrected chi connectivity index (χ0v) is 18.9. The molecule has 8 heteroatoms. The number of benzene rings is 1. The van der Waals surface area contributed by atoms with E-state index in [1.54, 1.807) is 7.11 Å². The summed E-state index contributed by atoms with van der Waals surface area (Å²) in [5.41, 5.74) is 0.423. The Hall–Kier alpha value is -2.61. The van der Waals surface area contributed by atoms with Gasteiger partial charge in [0, 0.05) is 19.5 Å². The standard InChI is InChI=1S/C24H34N4O4/c1-32-19-9-7-18(8-10-19)20(27-14-5-2-6-15-27)17-25-21(29)11-16-28-22(30)24(26-23(28)31)12-3-4-13-24/h7-10,20H,2-6,11-17H2,1H3,(H,25,29)(H,26,31)/t20-/m1/s1. The lowest BCUT2D eigenvalue weighted by molar-refractivity contribution is -0.131. The second-order valence-electron chi connectivity index (χ2n) is 9.12. The quantitative estimate of drug-likeness (QED) is 0.604. The van der Waals surface area contributed by atoms with Gasteiger partial charge in [-0.15, -0.1) is 0 Å². The van der Waals surface area contributed by atoms with Gasteiger partial charge >= 0.3 is 6.03 Å². The Bertz CT molecular complexity index is 829. The number of nitrogens with zero attached hydrogens (tertiary/aromatic N) is 2. The zero-order valence-electron chi connectivity index (χ0n) is 18.9. The van der Waals surface area contributed by atoms with Crippen molar-refractivity contribution in [3.63, 3.8) is 0 Å². The molecule has 32 heavy (non-hydrogen) atoms. The summed E-state index contributed by atoms with van der Waals surface area (Å²) in [4.78, 5) is 41.3. The van der Waals surface area contributed by atoms with Gasteiger partial charge in [0.05, 0.1) is 13.2 Å². The van der Waals surface area contributed by atoms with Gasteiger partial charge in [0.25, 0.3) is 5.91 Å². The van der Waals surface area contributed by atoms with E-state index in [9.17, 15) is 14.4 Å². The van der Waals surface area contributed by atoms with Crippen LogP contribution in [-0.4, -0.2) is 66.5 Å². The van der Waals surface area contributed by atoms with Crippen molar-refractivity contribution < 1.29 is 19.1 Å². The minimum absolute atomic E-state index is 0.0867. The zero-order chi connectivity index (χ0) is 22.6. The smallest absolute Gasteiger partial charge is 0.325 e. The van der Waals surface area contributed by atoms with Crippen LogP contribution < -0.4 is 15.4 Å². The van der Waals surface area contributed by atoms with Gasteiger partial charge in [-0.1, -0.05) is 31.4 Å². The van der Waals surface area contributed by atoms with E-state index in [4.69, 9.17) is 4.74 Å². The third kappa shape index (κ3) is 4.75. The fourth-order valence-corrected chi connectivity index (χ4v) is 5.22. The van der Waals surface area contributed by atoms with Crippen LogP contribution in [0.4, 0.5) is 4.79 Å². The lowest BCUT2D eigenvalue weighted by Crippen LogP contribution is -2.44. The first-order valence-electron chi connectivity index (χ1n) is 11.8. The summed E-state index contributed by atoms with van der Waals surface area (Å²) in [5, 5.41) is 5.91. The first kappa shape index (κ1) is 22.6. The number of rotatable bonds is 8. The van der Waals surface area contributed by atoms with Crippen LogP contribution in [-0.2, 0) is 9.59 Å². The third-order valence-corrected chi connectivity index (χ3v) is 7.09. The molecule has 1 atom stereocenters. The number of imide groups is 1. The summed E-state index contributed by atoms with van der Waals surface area (Å²) in [6.45, 7) is 2.64. The summed E-state index contributed by atoms with van der Waals surface area (Å²) in [5.74, 6) is 0.495. The van der Waals surface area contributed by atoms with Gasteiger partial charge in [-0.2, -0.15) is 0 Å². The first-order chi connectivity index (χ1) is 15.5. The van der Waals surface area contributed by atoms with Gasteiger partial charge in [-0.3, -0.25) is 19.4 Å². The van der Waals surface area contributed by atoms with E-state index in [-0.39, 0.29) is 36.9 Å². The number of carbonyl (C=O) groups excluding carboxylic acids is 3. The molecule has 4 amide bonds. The van der Waals surface area contributed by atoms with Crippen molar-refractivity contribution in [2.45, 2.75) is 62.9 Å². The predicted molar refractivity (Wildman–Crippen MR) is 120 cm³/mol. The lowest BCUT2D eigenvalue weighted by atomic mass is 9.98. The van der Waals surface area contributed by atoms with Crippen molar-refractivity contribution in [3.05, 3.63) is 29.8 Å². The average Bonchev–Trinajstić information content (AvgIpc) is 3.38. The molecule has 1 aliphatic carbocycles. The molecule has 2 saturated heterocycles. The summed E-state index contributed by atoms with van der Waals surface area (Å²) in [6.07, 6.45) is 6.96. The molecule has 1 aromatic carbocycles. The number of hydrogen-bond acceptors (Lipinski definition) is 5. The van der Waals surface area contributed by atoms with E-state index < -0.39 is 5.54 Å². The summed E-state index contributed by atoms with van der Waals surface area (Å²) < 4.78 is 5.28. The molecular weight excluding hydrogens is 408 g/mol. The van der Waals surface area contributed by atoms with E-state index >= 15 is 0 Å². The Balaban J connectivity index is 1.33. The fraction of sp³-hybridized carbons (Fsp3) is 0.625. The summed E-state index contributed by atoms with van der Waals surface area (Å²) in [7, 11) is 1.65. The number of piperidine rings is 1. The molecule has 0 radical (unpaired) electrons. The van der Waals surface area contributed by atoms with Gasteiger partial charge in [0.1, 0.15) is 11.3 Å². The highest BCUT2D eigenvalue weighted by Crippen LogP contribution is 2.35. The van der Waals surface area contributed by atoms with Crippen molar-refractivity contribution in [2.75, 3.05) is 33.3 Å². The molecule has 174 valence electrons. The number of ether oxygens (including phenoxy) is 1. The van der Waals surface area contributed by atoms with Gasteiger partial charge < -0.3 is 15.4 Å². The molecule has 2 N–H and O–H groups in total. The molecule has 0 aromatic heterocycles. The normalized spacial score (nSPS) is 21.6. The van der Waals surface area contributed by atoms with Gasteiger partial charge in [-0.25, -0.2) is 4.79 Å². The topological polar surface area (TPSA) is 91.0 Å². The van der Waals surface area contributed by atoms with Crippen molar-refractivity contribution >= 4 is 17.8 Å². The van der Waals surface area contributed by atoms with E-state index in [0.29, 0.717) is 19.4 Å². The Morgan fingerprint density at radius 3 is 2.44 bits per heavy atom. The Morgan fingerprint density at radius 1 is 1.09 bits per heavy atom. The average molecular weight is 443 g/mol. The van der Waals surface area contributed by atoms with Crippen molar-refractivity contribution in [1.29, 1.82) is 0 Å². The van der Waals surface area contributed by atoms with Crippen LogP contribution in [0.5, 0.6) is 5.75 Å². The monoisotopic (exact) mass is 442 g/mol. The number of carbonyl (C=O) groups is 3. The van der Waals surface area contributed by atoms with Crippen LogP contribution >= 0.6 is 0 Å². The SMILES string of the molecule is COc1ccc([C@@H](CNC(=O)CCN2C(=O)NC3(CCCC3)C2=O)N2CCCCC2)cc1. The minimum atomic E-state index is -0.721. The van der Waals surface area contributed by atoms with E-state index in [1.165, 1.54) is 11.3 Å². The van der Waals surface area contributed by atoms with Crippen molar-refractivity contribution in [3.8, 4) is 5.75 Å². The highest BCUT2D eigenvalue weighted by atomic mass is 16.5. The van der Waals surface area contributed by atoms with Crippen LogP contribution in [0, 0.1) is 0 Å². The van der Waals surface area contributed by atoms with Crippen LogP contribution in [0.3, 0.4) is 0 Å². The van der Waals surface area contributed by atoms with E-state index in [2.05, 4.69) is 27.7 Å². The second-order valence-corrected chi connectivity index (χ2v) is 9.12. The minimum Gasteiger partial charge on any atom is -0.497 e. The number of urea groups is 1. The molecule has 2 aliphatic heterocycles. The number of hydrogen-bond donors (Lipinski definition) is 2. The Labute approximate surface area is 189 Å². The molecule has 3 fully saturated rings. The molecular formula is C24H34N4O4. The van der Waals surface area contributed by atoms with E-state index in [0.717, 1.165) is 50.1 Å². The Morgan fingerprint density at radius 2 is 1.78 bits per heavy atom. The summed E-state index contributed by atoms with van der Waals surface area (Å²) in [6, 6.07) is 7.73. The summed E-state index contributed by atoms with van der Waals surface area (Å²) >= 11 is 0. The van der Waals surface area contributed by atoms with Gasteiger partial charge in [-0.05, 0) is 56.5 Å². The Kier molecular flexibility index (Phi) is 6.98. The number of likely N-dealkylation sites (tertiary alicyclic amines) is 1. The van der Waals surface area contributed by atoms with Crippen LogP contribution in [0.1, 0.15) is 63.0 Å².